The Bertz CT molecular complexity index is 1080. The molecule has 0 radical (unpaired) electrons. The van der Waals surface area contributed by atoms with Gasteiger partial charge in [0.25, 0.3) is 17.4 Å². The van der Waals surface area contributed by atoms with Gasteiger partial charge in [-0.1, -0.05) is 35.9 Å². The van der Waals surface area contributed by atoms with E-state index in [1.165, 1.54) is 10.7 Å². The van der Waals surface area contributed by atoms with Gasteiger partial charge in [-0.25, -0.2) is 4.68 Å². The molecule has 6 heteroatoms. The van der Waals surface area contributed by atoms with Crippen molar-refractivity contribution in [3.63, 3.8) is 0 Å². The minimum atomic E-state index is -0.335. The highest BCUT2D eigenvalue weighted by molar-refractivity contribution is 6.21. The van der Waals surface area contributed by atoms with E-state index in [1.54, 1.807) is 30.3 Å². The number of hydrogen-bond donors (Lipinski definition) is 0. The lowest BCUT2D eigenvalue weighted by Gasteiger charge is -2.14. The van der Waals surface area contributed by atoms with Crippen molar-refractivity contribution in [1.29, 1.82) is 0 Å². The van der Waals surface area contributed by atoms with Gasteiger partial charge < -0.3 is 0 Å². The van der Waals surface area contributed by atoms with Crippen LogP contribution in [0.25, 0.3) is 11.3 Å². The lowest BCUT2D eigenvalue weighted by molar-refractivity contribution is 0.0647. The first-order valence-corrected chi connectivity index (χ1v) is 8.65. The number of aromatic nitrogens is 2. The molecular formula is C21H17N3O3. The van der Waals surface area contributed by atoms with Crippen LogP contribution in [0, 0.1) is 6.92 Å². The second-order valence-corrected chi connectivity index (χ2v) is 6.46. The Morgan fingerprint density at radius 1 is 0.815 bits per heavy atom. The number of amides is 2. The molecule has 1 aliphatic heterocycles. The minimum absolute atomic E-state index is 0.0938. The van der Waals surface area contributed by atoms with Crippen LogP contribution in [0.4, 0.5) is 0 Å². The van der Waals surface area contributed by atoms with E-state index in [2.05, 4.69) is 5.10 Å². The first kappa shape index (κ1) is 16.9. The van der Waals surface area contributed by atoms with Crippen LogP contribution < -0.4 is 5.56 Å². The van der Waals surface area contributed by atoms with Crippen LogP contribution >= 0.6 is 0 Å². The standard InChI is InChI=1S/C21H17N3O3/c1-14-5-4-6-15(13-14)18-9-10-19(25)24(22-18)12-11-23-20(26)16-7-2-3-8-17(16)21(23)27/h2-10,13H,11-12H2,1H3. The number of benzene rings is 2. The van der Waals surface area contributed by atoms with Gasteiger partial charge in [0, 0.05) is 18.2 Å². The topological polar surface area (TPSA) is 72.3 Å². The molecule has 3 aromatic rings. The predicted molar refractivity (Wildman–Crippen MR) is 100 cm³/mol. The maximum atomic E-state index is 12.4. The molecule has 0 N–H and O–H groups in total. The highest BCUT2D eigenvalue weighted by atomic mass is 16.2. The lowest BCUT2D eigenvalue weighted by Crippen LogP contribution is -2.35. The Morgan fingerprint density at radius 3 is 2.19 bits per heavy atom. The van der Waals surface area contributed by atoms with Gasteiger partial charge in [0.15, 0.2) is 0 Å². The third-order valence-corrected chi connectivity index (χ3v) is 4.59. The quantitative estimate of drug-likeness (QED) is 0.671. The Kier molecular flexibility index (Phi) is 4.16. The molecule has 2 heterocycles. The summed E-state index contributed by atoms with van der Waals surface area (Å²) in [5.41, 5.74) is 3.19. The highest BCUT2D eigenvalue weighted by Crippen LogP contribution is 2.22. The third kappa shape index (κ3) is 3.06. The molecule has 1 aromatic heterocycles. The molecule has 0 unspecified atom stereocenters. The molecule has 4 rings (SSSR count). The number of rotatable bonds is 4. The van der Waals surface area contributed by atoms with E-state index in [0.29, 0.717) is 16.8 Å². The molecule has 0 fully saturated rings. The van der Waals surface area contributed by atoms with E-state index >= 15 is 0 Å². The molecular weight excluding hydrogens is 342 g/mol. The summed E-state index contributed by atoms with van der Waals surface area (Å²) in [6, 6.07) is 17.7. The second-order valence-electron chi connectivity index (χ2n) is 6.46. The fourth-order valence-electron chi connectivity index (χ4n) is 3.20. The molecule has 27 heavy (non-hydrogen) atoms. The summed E-state index contributed by atoms with van der Waals surface area (Å²) < 4.78 is 1.29. The molecule has 0 saturated heterocycles. The number of fused-ring (bicyclic) bond motifs is 1. The number of aryl methyl sites for hydroxylation is 1. The molecule has 2 aromatic carbocycles. The van der Waals surface area contributed by atoms with Crippen LogP contribution in [0.15, 0.2) is 65.5 Å². The maximum Gasteiger partial charge on any atom is 0.266 e. The van der Waals surface area contributed by atoms with Crippen molar-refractivity contribution in [3.05, 3.63) is 87.7 Å². The third-order valence-electron chi connectivity index (χ3n) is 4.59. The number of hydrogen-bond acceptors (Lipinski definition) is 4. The van der Waals surface area contributed by atoms with Gasteiger partial charge in [-0.2, -0.15) is 5.10 Å². The van der Waals surface area contributed by atoms with Crippen LogP contribution in [0.2, 0.25) is 0 Å². The lowest BCUT2D eigenvalue weighted by atomic mass is 10.1. The zero-order chi connectivity index (χ0) is 19.0. The number of imide groups is 1. The Balaban J connectivity index is 1.57. The van der Waals surface area contributed by atoms with Gasteiger partial charge in [0.2, 0.25) is 0 Å². The molecule has 0 spiro atoms. The van der Waals surface area contributed by atoms with E-state index in [-0.39, 0.29) is 30.5 Å². The van der Waals surface area contributed by atoms with Crippen molar-refractivity contribution in [2.24, 2.45) is 0 Å². The molecule has 0 saturated carbocycles. The molecule has 134 valence electrons. The van der Waals surface area contributed by atoms with Crippen molar-refractivity contribution in [2.45, 2.75) is 13.5 Å². The van der Waals surface area contributed by atoms with E-state index in [1.807, 2.05) is 31.2 Å². The van der Waals surface area contributed by atoms with E-state index in [4.69, 9.17) is 0 Å². The van der Waals surface area contributed by atoms with Crippen LogP contribution in [-0.4, -0.2) is 33.0 Å². The first-order valence-electron chi connectivity index (χ1n) is 8.65. The van der Waals surface area contributed by atoms with Gasteiger partial charge in [-0.15, -0.1) is 0 Å². The molecule has 0 atom stereocenters. The van der Waals surface area contributed by atoms with Gasteiger partial charge in [-0.3, -0.25) is 19.3 Å². The van der Waals surface area contributed by atoms with Crippen LogP contribution in [0.1, 0.15) is 26.3 Å². The van der Waals surface area contributed by atoms with E-state index in [9.17, 15) is 14.4 Å². The SMILES string of the molecule is Cc1cccc(-c2ccc(=O)n(CCN3C(=O)c4ccccc4C3=O)n2)c1. The molecule has 2 amide bonds. The molecule has 1 aliphatic rings. The van der Waals surface area contributed by atoms with Crippen LogP contribution in [0.3, 0.4) is 0 Å². The summed E-state index contributed by atoms with van der Waals surface area (Å²) in [6.07, 6.45) is 0. The molecule has 6 nitrogen and oxygen atoms in total. The minimum Gasteiger partial charge on any atom is -0.272 e. The normalized spacial score (nSPS) is 13.1. The summed E-state index contributed by atoms with van der Waals surface area (Å²) in [7, 11) is 0. The fourth-order valence-corrected chi connectivity index (χ4v) is 3.20. The summed E-state index contributed by atoms with van der Waals surface area (Å²) in [5, 5.41) is 4.40. The van der Waals surface area contributed by atoms with Gasteiger partial charge in [0.1, 0.15) is 0 Å². The summed E-state index contributed by atoms with van der Waals surface area (Å²) in [4.78, 5) is 38.2. The summed E-state index contributed by atoms with van der Waals surface area (Å²) >= 11 is 0. The van der Waals surface area contributed by atoms with E-state index in [0.717, 1.165) is 16.0 Å². The average molecular weight is 359 g/mol. The number of carbonyl (C=O) groups is 2. The highest BCUT2D eigenvalue weighted by Gasteiger charge is 2.34. The molecule has 0 aliphatic carbocycles. The summed E-state index contributed by atoms with van der Waals surface area (Å²) in [6.45, 7) is 2.22. The van der Waals surface area contributed by atoms with Crippen molar-refractivity contribution in [3.8, 4) is 11.3 Å². The Hall–Kier alpha value is -3.54. The van der Waals surface area contributed by atoms with Crippen molar-refractivity contribution in [1.82, 2.24) is 14.7 Å². The zero-order valence-electron chi connectivity index (χ0n) is 14.8. The number of nitrogens with zero attached hydrogens (tertiary/aromatic N) is 3. The van der Waals surface area contributed by atoms with E-state index < -0.39 is 0 Å². The van der Waals surface area contributed by atoms with Gasteiger partial charge in [-0.05, 0) is 31.2 Å². The smallest absolute Gasteiger partial charge is 0.266 e. The van der Waals surface area contributed by atoms with Gasteiger partial charge >= 0.3 is 0 Å². The van der Waals surface area contributed by atoms with Gasteiger partial charge in [0.05, 0.1) is 23.4 Å². The monoisotopic (exact) mass is 359 g/mol. The van der Waals surface area contributed by atoms with Crippen molar-refractivity contribution < 1.29 is 9.59 Å². The van der Waals surface area contributed by atoms with Crippen molar-refractivity contribution >= 4 is 11.8 Å². The zero-order valence-corrected chi connectivity index (χ0v) is 14.8. The van der Waals surface area contributed by atoms with Crippen molar-refractivity contribution in [2.75, 3.05) is 6.54 Å². The fraction of sp³-hybridized carbons (Fsp3) is 0.143. The predicted octanol–water partition coefficient (Wildman–Crippen LogP) is 2.51. The first-order chi connectivity index (χ1) is 13.0. The number of carbonyl (C=O) groups excluding carboxylic acids is 2. The molecule has 0 bridgehead atoms. The summed E-state index contributed by atoms with van der Waals surface area (Å²) in [5.74, 6) is -0.669. The average Bonchev–Trinajstić information content (AvgIpc) is 2.92. The largest absolute Gasteiger partial charge is 0.272 e. The van der Waals surface area contributed by atoms with Crippen LogP contribution in [-0.2, 0) is 6.54 Å². The Morgan fingerprint density at radius 2 is 1.52 bits per heavy atom. The second kappa shape index (κ2) is 6.64. The Labute approximate surface area is 155 Å². The van der Waals surface area contributed by atoms with Crippen LogP contribution in [0.5, 0.6) is 0 Å². The maximum absolute atomic E-state index is 12.4.